The van der Waals surface area contributed by atoms with E-state index in [-0.39, 0.29) is 24.4 Å². The van der Waals surface area contributed by atoms with Crippen molar-refractivity contribution in [3.63, 3.8) is 0 Å². The molecule has 1 heterocycles. The summed E-state index contributed by atoms with van der Waals surface area (Å²) >= 11 is 0. The summed E-state index contributed by atoms with van der Waals surface area (Å²) < 4.78 is 32.2. The standard InChI is InChI=1S/C17H14F2N2O2/c18-11-3-1-10(2-4-11)15-16(23-8-7-20)13-6-5-12(19)9-14(13)17(22)21-15/h1-6,9H,7-8,20H2,(H,21,22). The summed E-state index contributed by atoms with van der Waals surface area (Å²) in [6.45, 7) is 0.511. The summed E-state index contributed by atoms with van der Waals surface area (Å²) in [5.74, 6) is -0.512. The van der Waals surface area contributed by atoms with Crippen LogP contribution < -0.4 is 16.0 Å². The minimum atomic E-state index is -0.512. The number of rotatable bonds is 4. The Morgan fingerprint density at radius 3 is 2.39 bits per heavy atom. The van der Waals surface area contributed by atoms with Crippen LogP contribution in [0.5, 0.6) is 5.75 Å². The van der Waals surface area contributed by atoms with Gasteiger partial charge < -0.3 is 15.5 Å². The third-order valence-corrected chi connectivity index (χ3v) is 3.43. The van der Waals surface area contributed by atoms with E-state index in [0.717, 1.165) is 6.07 Å². The average molecular weight is 316 g/mol. The molecular weight excluding hydrogens is 302 g/mol. The van der Waals surface area contributed by atoms with E-state index in [9.17, 15) is 13.6 Å². The summed E-state index contributed by atoms with van der Waals surface area (Å²) in [6.07, 6.45) is 0. The van der Waals surface area contributed by atoms with Gasteiger partial charge in [0.25, 0.3) is 5.56 Å². The molecular formula is C17H14F2N2O2. The Labute approximate surface area is 130 Å². The van der Waals surface area contributed by atoms with Gasteiger partial charge in [0.15, 0.2) is 5.75 Å². The normalized spacial score (nSPS) is 10.9. The molecule has 3 N–H and O–H groups in total. The maximum absolute atomic E-state index is 13.4. The summed E-state index contributed by atoms with van der Waals surface area (Å²) in [7, 11) is 0. The van der Waals surface area contributed by atoms with E-state index >= 15 is 0 Å². The quantitative estimate of drug-likeness (QED) is 0.778. The third kappa shape index (κ3) is 2.93. The zero-order chi connectivity index (χ0) is 16.4. The van der Waals surface area contributed by atoms with Gasteiger partial charge in [-0.15, -0.1) is 0 Å². The van der Waals surface area contributed by atoms with Gasteiger partial charge >= 0.3 is 0 Å². The number of aromatic nitrogens is 1. The van der Waals surface area contributed by atoms with E-state index in [2.05, 4.69) is 4.98 Å². The number of hydrogen-bond donors (Lipinski definition) is 2. The van der Waals surface area contributed by atoms with Crippen molar-refractivity contribution in [2.24, 2.45) is 5.73 Å². The van der Waals surface area contributed by atoms with Gasteiger partial charge in [0.05, 0.1) is 11.1 Å². The number of halogens is 2. The number of nitrogens with one attached hydrogen (secondary N) is 1. The lowest BCUT2D eigenvalue weighted by Crippen LogP contribution is -2.15. The minimum Gasteiger partial charge on any atom is -0.489 e. The minimum absolute atomic E-state index is 0.183. The van der Waals surface area contributed by atoms with Crippen LogP contribution in [0.15, 0.2) is 47.3 Å². The van der Waals surface area contributed by atoms with E-state index in [1.165, 1.54) is 36.4 Å². The zero-order valence-corrected chi connectivity index (χ0v) is 12.1. The average Bonchev–Trinajstić information content (AvgIpc) is 2.55. The van der Waals surface area contributed by atoms with Crippen molar-refractivity contribution in [2.75, 3.05) is 13.2 Å². The second-order valence-corrected chi connectivity index (χ2v) is 4.99. The van der Waals surface area contributed by atoms with Gasteiger partial charge in [-0.25, -0.2) is 8.78 Å². The van der Waals surface area contributed by atoms with Crippen molar-refractivity contribution >= 4 is 10.8 Å². The van der Waals surface area contributed by atoms with Gasteiger partial charge in [-0.05, 0) is 42.5 Å². The molecule has 0 spiro atoms. The highest BCUT2D eigenvalue weighted by molar-refractivity contribution is 5.92. The molecule has 0 radical (unpaired) electrons. The largest absolute Gasteiger partial charge is 0.489 e. The molecule has 3 rings (SSSR count). The summed E-state index contributed by atoms with van der Waals surface area (Å²) in [4.78, 5) is 14.9. The number of hydrogen-bond acceptors (Lipinski definition) is 3. The third-order valence-electron chi connectivity index (χ3n) is 3.43. The molecule has 0 aliphatic carbocycles. The first-order valence-electron chi connectivity index (χ1n) is 7.04. The molecule has 6 heteroatoms. The van der Waals surface area contributed by atoms with Gasteiger partial charge in [0.1, 0.15) is 18.2 Å². The van der Waals surface area contributed by atoms with Gasteiger partial charge in [-0.2, -0.15) is 0 Å². The Kier molecular flexibility index (Phi) is 4.08. The second-order valence-electron chi connectivity index (χ2n) is 4.99. The summed E-state index contributed by atoms with van der Waals surface area (Å²) in [6, 6.07) is 9.53. The molecule has 2 aromatic carbocycles. The van der Waals surface area contributed by atoms with E-state index < -0.39 is 11.4 Å². The molecule has 23 heavy (non-hydrogen) atoms. The highest BCUT2D eigenvalue weighted by Crippen LogP contribution is 2.33. The van der Waals surface area contributed by atoms with E-state index in [4.69, 9.17) is 10.5 Å². The molecule has 0 saturated heterocycles. The molecule has 0 fully saturated rings. The molecule has 1 aromatic heterocycles. The number of ether oxygens (including phenoxy) is 1. The lowest BCUT2D eigenvalue weighted by atomic mass is 10.1. The molecule has 4 nitrogen and oxygen atoms in total. The van der Waals surface area contributed by atoms with Crippen LogP contribution >= 0.6 is 0 Å². The summed E-state index contributed by atoms with van der Waals surface area (Å²) in [5.41, 5.74) is 6.02. The lowest BCUT2D eigenvalue weighted by Gasteiger charge is -2.14. The number of fused-ring (bicyclic) bond motifs is 1. The van der Waals surface area contributed by atoms with E-state index in [0.29, 0.717) is 22.4 Å². The first-order valence-corrected chi connectivity index (χ1v) is 7.04. The van der Waals surface area contributed by atoms with Gasteiger partial charge in [-0.3, -0.25) is 4.79 Å². The fourth-order valence-electron chi connectivity index (χ4n) is 2.41. The van der Waals surface area contributed by atoms with Crippen molar-refractivity contribution in [2.45, 2.75) is 0 Å². The van der Waals surface area contributed by atoms with Crippen molar-refractivity contribution in [3.05, 3.63) is 64.5 Å². The number of pyridine rings is 1. The van der Waals surface area contributed by atoms with Gasteiger partial charge in [0.2, 0.25) is 0 Å². The van der Waals surface area contributed by atoms with Crippen molar-refractivity contribution in [1.82, 2.24) is 4.98 Å². The van der Waals surface area contributed by atoms with Crippen LogP contribution in [0.3, 0.4) is 0 Å². The van der Waals surface area contributed by atoms with Crippen molar-refractivity contribution in [1.29, 1.82) is 0 Å². The second kappa shape index (κ2) is 6.18. The maximum atomic E-state index is 13.4. The predicted molar refractivity (Wildman–Crippen MR) is 84.5 cm³/mol. The zero-order valence-electron chi connectivity index (χ0n) is 12.1. The smallest absolute Gasteiger partial charge is 0.256 e. The van der Waals surface area contributed by atoms with Crippen LogP contribution in [0.4, 0.5) is 8.78 Å². The molecule has 118 valence electrons. The number of H-pyrrole nitrogens is 1. The highest BCUT2D eigenvalue weighted by atomic mass is 19.1. The number of aromatic amines is 1. The monoisotopic (exact) mass is 316 g/mol. The molecule has 3 aromatic rings. The molecule has 0 amide bonds. The molecule has 0 aliphatic heterocycles. The number of nitrogens with two attached hydrogens (primary N) is 1. The first-order chi connectivity index (χ1) is 11.1. The maximum Gasteiger partial charge on any atom is 0.256 e. The van der Waals surface area contributed by atoms with Crippen LogP contribution in [0.1, 0.15) is 0 Å². The van der Waals surface area contributed by atoms with Crippen LogP contribution in [0, 0.1) is 11.6 Å². The van der Waals surface area contributed by atoms with Crippen LogP contribution in [-0.4, -0.2) is 18.1 Å². The Hall–Kier alpha value is -2.73. The van der Waals surface area contributed by atoms with Crippen LogP contribution in [0.2, 0.25) is 0 Å². The van der Waals surface area contributed by atoms with Crippen molar-refractivity contribution in [3.8, 4) is 17.0 Å². The Morgan fingerprint density at radius 1 is 1.00 bits per heavy atom. The van der Waals surface area contributed by atoms with Gasteiger partial charge in [0, 0.05) is 17.5 Å². The summed E-state index contributed by atoms with van der Waals surface area (Å²) in [5, 5.41) is 0.658. The van der Waals surface area contributed by atoms with Crippen LogP contribution in [-0.2, 0) is 0 Å². The number of benzene rings is 2. The van der Waals surface area contributed by atoms with Gasteiger partial charge in [-0.1, -0.05) is 0 Å². The molecule has 0 bridgehead atoms. The van der Waals surface area contributed by atoms with Crippen LogP contribution in [0.25, 0.3) is 22.0 Å². The molecule has 0 saturated carbocycles. The SMILES string of the molecule is NCCOc1c(-c2ccc(F)cc2)[nH]c(=O)c2cc(F)ccc12. The topological polar surface area (TPSA) is 68.1 Å². The fourth-order valence-corrected chi connectivity index (χ4v) is 2.41. The highest BCUT2D eigenvalue weighted by Gasteiger charge is 2.15. The van der Waals surface area contributed by atoms with E-state index in [1.807, 2.05) is 0 Å². The Bertz CT molecular complexity index is 905. The predicted octanol–water partition coefficient (Wildman–Crippen LogP) is 2.81. The Balaban J connectivity index is 2.29. The Morgan fingerprint density at radius 2 is 1.70 bits per heavy atom. The van der Waals surface area contributed by atoms with Crippen molar-refractivity contribution < 1.29 is 13.5 Å². The first kappa shape index (κ1) is 15.2. The lowest BCUT2D eigenvalue weighted by molar-refractivity contribution is 0.332. The molecule has 0 atom stereocenters. The fraction of sp³-hybridized carbons (Fsp3) is 0.118. The molecule has 0 aliphatic rings. The van der Waals surface area contributed by atoms with E-state index in [1.54, 1.807) is 0 Å². The molecule has 0 unspecified atom stereocenters.